The third-order valence-corrected chi connectivity index (χ3v) is 4.38. The summed E-state index contributed by atoms with van der Waals surface area (Å²) in [4.78, 5) is 4.49. The van der Waals surface area contributed by atoms with Crippen LogP contribution in [0.3, 0.4) is 0 Å². The van der Waals surface area contributed by atoms with Gasteiger partial charge >= 0.3 is 0 Å². The largest absolute Gasteiger partial charge is 0.508 e. The fourth-order valence-corrected chi connectivity index (χ4v) is 3.26. The Morgan fingerprint density at radius 1 is 1.15 bits per heavy atom. The van der Waals surface area contributed by atoms with Crippen LogP contribution in [0.25, 0.3) is 22.5 Å². The monoisotopic (exact) mass is 371 g/mol. The Balaban J connectivity index is 2.30. The molecule has 4 nitrogen and oxygen atoms in total. The van der Waals surface area contributed by atoms with E-state index in [1.165, 1.54) is 6.07 Å². The number of hydrogen-bond acceptors (Lipinski definition) is 3. The smallest absolute Gasteiger partial charge is 0.163 e. The van der Waals surface area contributed by atoms with Crippen LogP contribution >= 0.6 is 0 Å². The molecule has 0 atom stereocenters. The van der Waals surface area contributed by atoms with E-state index < -0.39 is 11.6 Å². The maximum atomic E-state index is 13.7. The van der Waals surface area contributed by atoms with Crippen molar-refractivity contribution in [1.82, 2.24) is 14.6 Å². The minimum atomic E-state index is -0.913. The van der Waals surface area contributed by atoms with Gasteiger partial charge in [-0.15, -0.1) is 0 Å². The molecule has 0 unspecified atom stereocenters. The summed E-state index contributed by atoms with van der Waals surface area (Å²) in [6, 6.07) is 3.77. The first-order valence-electron chi connectivity index (χ1n) is 8.95. The average molecular weight is 371 g/mol. The standard InChI is InChI=1S/C21H23F2N3O/c1-11(2)8-18(27)15-10-24-21-19(14-6-7-16(22)17(23)9-14)13(5)25-26(21)20(15)12(3)4/h6-12,27H,1-5H3/b18-8+. The SMILES string of the molecule is Cc1nn2c(C(C)C)c(/C(O)=C\C(C)C)cnc2c1-c1ccc(F)c(F)c1. The van der Waals surface area contributed by atoms with Crippen molar-refractivity contribution in [3.8, 4) is 11.1 Å². The van der Waals surface area contributed by atoms with Gasteiger partial charge in [0, 0.05) is 11.8 Å². The Bertz CT molecular complexity index is 1040. The van der Waals surface area contributed by atoms with Gasteiger partial charge in [0.15, 0.2) is 17.3 Å². The minimum Gasteiger partial charge on any atom is -0.508 e. The summed E-state index contributed by atoms with van der Waals surface area (Å²) in [6.07, 6.45) is 3.38. The van der Waals surface area contributed by atoms with Crippen molar-refractivity contribution >= 4 is 11.4 Å². The van der Waals surface area contributed by atoms with E-state index >= 15 is 0 Å². The lowest BCUT2D eigenvalue weighted by atomic mass is 10.0. The van der Waals surface area contributed by atoms with Crippen LogP contribution < -0.4 is 0 Å². The molecule has 0 fully saturated rings. The first kappa shape index (κ1) is 19.0. The minimum absolute atomic E-state index is 0.0605. The second-order valence-corrected chi connectivity index (χ2v) is 7.33. The highest BCUT2D eigenvalue weighted by atomic mass is 19.2. The van der Waals surface area contributed by atoms with Crippen LogP contribution in [0.2, 0.25) is 0 Å². The number of rotatable bonds is 4. The molecule has 3 rings (SSSR count). The Kier molecular flexibility index (Phi) is 5.00. The van der Waals surface area contributed by atoms with Crippen LogP contribution in [-0.2, 0) is 0 Å². The number of allylic oxidation sites excluding steroid dienone is 1. The molecule has 0 saturated heterocycles. The van der Waals surface area contributed by atoms with Gasteiger partial charge in [-0.25, -0.2) is 18.3 Å². The zero-order valence-electron chi connectivity index (χ0n) is 16.1. The lowest BCUT2D eigenvalue weighted by Gasteiger charge is -2.14. The average Bonchev–Trinajstić information content (AvgIpc) is 2.91. The van der Waals surface area contributed by atoms with Gasteiger partial charge in [-0.05, 0) is 42.5 Å². The second-order valence-electron chi connectivity index (χ2n) is 7.33. The zero-order chi connectivity index (χ0) is 19.9. The number of benzene rings is 1. The molecule has 0 radical (unpaired) electrons. The van der Waals surface area contributed by atoms with Gasteiger partial charge < -0.3 is 5.11 Å². The summed E-state index contributed by atoms with van der Waals surface area (Å²) in [6.45, 7) is 9.79. The lowest BCUT2D eigenvalue weighted by Crippen LogP contribution is -2.08. The van der Waals surface area contributed by atoms with Gasteiger partial charge in [-0.1, -0.05) is 33.8 Å². The summed E-state index contributed by atoms with van der Waals surface area (Å²) in [7, 11) is 0. The number of halogens is 2. The maximum absolute atomic E-state index is 13.7. The van der Waals surface area contributed by atoms with Crippen molar-refractivity contribution < 1.29 is 13.9 Å². The molecule has 2 aromatic heterocycles. The molecule has 2 heterocycles. The number of aliphatic hydroxyl groups is 1. The molecule has 0 amide bonds. The molecular weight excluding hydrogens is 348 g/mol. The van der Waals surface area contributed by atoms with Crippen LogP contribution in [0.5, 0.6) is 0 Å². The molecule has 0 saturated carbocycles. The molecule has 0 spiro atoms. The number of aliphatic hydroxyl groups excluding tert-OH is 1. The van der Waals surface area contributed by atoms with E-state index in [1.807, 2.05) is 27.7 Å². The Labute approximate surface area is 157 Å². The number of fused-ring (bicyclic) bond motifs is 1. The third-order valence-electron chi connectivity index (χ3n) is 4.38. The highest BCUT2D eigenvalue weighted by Gasteiger charge is 2.21. The van der Waals surface area contributed by atoms with Gasteiger partial charge in [-0.2, -0.15) is 5.10 Å². The molecule has 6 heteroatoms. The lowest BCUT2D eigenvalue weighted by molar-refractivity contribution is 0.502. The molecule has 142 valence electrons. The molecule has 0 bridgehead atoms. The van der Waals surface area contributed by atoms with Crippen LogP contribution in [0.1, 0.15) is 50.6 Å². The molecule has 27 heavy (non-hydrogen) atoms. The first-order chi connectivity index (χ1) is 12.7. The van der Waals surface area contributed by atoms with Crippen molar-refractivity contribution in [3.05, 3.63) is 59.1 Å². The molecular formula is C21H23F2N3O. The molecule has 0 aliphatic carbocycles. The zero-order valence-corrected chi connectivity index (χ0v) is 16.1. The maximum Gasteiger partial charge on any atom is 0.163 e. The van der Waals surface area contributed by atoms with E-state index in [2.05, 4.69) is 10.1 Å². The Morgan fingerprint density at radius 2 is 1.85 bits per heavy atom. The molecule has 1 N–H and O–H groups in total. The molecule has 1 aromatic carbocycles. The van der Waals surface area contributed by atoms with Crippen molar-refractivity contribution in [2.45, 2.75) is 40.5 Å². The molecule has 0 aliphatic heterocycles. The van der Waals surface area contributed by atoms with E-state index in [-0.39, 0.29) is 17.6 Å². The highest BCUT2D eigenvalue weighted by Crippen LogP contribution is 2.32. The second kappa shape index (κ2) is 7.10. The predicted molar refractivity (Wildman–Crippen MR) is 103 cm³/mol. The van der Waals surface area contributed by atoms with Gasteiger partial charge in [0.05, 0.1) is 17.0 Å². The fourth-order valence-electron chi connectivity index (χ4n) is 3.26. The summed E-state index contributed by atoms with van der Waals surface area (Å²) in [5.41, 5.74) is 3.79. The predicted octanol–water partition coefficient (Wildman–Crippen LogP) is 5.66. The van der Waals surface area contributed by atoms with Crippen molar-refractivity contribution in [2.24, 2.45) is 5.92 Å². The first-order valence-corrected chi connectivity index (χ1v) is 8.95. The topological polar surface area (TPSA) is 50.4 Å². The molecule has 0 aliphatic rings. The van der Waals surface area contributed by atoms with E-state index in [4.69, 9.17) is 0 Å². The number of hydrogen-bond donors (Lipinski definition) is 1. The number of aryl methyl sites for hydroxylation is 1. The van der Waals surface area contributed by atoms with Crippen LogP contribution in [0, 0.1) is 24.5 Å². The van der Waals surface area contributed by atoms with E-state index in [1.54, 1.807) is 23.7 Å². The summed E-state index contributed by atoms with van der Waals surface area (Å²) in [5, 5.41) is 15.1. The van der Waals surface area contributed by atoms with Crippen LogP contribution in [0.4, 0.5) is 8.78 Å². The number of aromatic nitrogens is 3. The summed E-state index contributed by atoms with van der Waals surface area (Å²) >= 11 is 0. The fraction of sp³-hybridized carbons (Fsp3) is 0.333. The van der Waals surface area contributed by atoms with E-state index in [0.717, 1.165) is 17.8 Å². The van der Waals surface area contributed by atoms with Crippen molar-refractivity contribution in [3.63, 3.8) is 0 Å². The summed E-state index contributed by atoms with van der Waals surface area (Å²) in [5.74, 6) is -1.41. The van der Waals surface area contributed by atoms with Crippen LogP contribution in [0.15, 0.2) is 30.5 Å². The van der Waals surface area contributed by atoms with Crippen LogP contribution in [-0.4, -0.2) is 19.7 Å². The highest BCUT2D eigenvalue weighted by molar-refractivity contribution is 5.80. The van der Waals surface area contributed by atoms with Crippen molar-refractivity contribution in [2.75, 3.05) is 0 Å². The third kappa shape index (κ3) is 3.44. The summed E-state index contributed by atoms with van der Waals surface area (Å²) < 4.78 is 28.8. The Morgan fingerprint density at radius 3 is 2.44 bits per heavy atom. The molecule has 3 aromatic rings. The number of nitrogens with zero attached hydrogens (tertiary/aromatic N) is 3. The quantitative estimate of drug-likeness (QED) is 0.602. The Hall–Kier alpha value is -2.76. The van der Waals surface area contributed by atoms with Gasteiger partial charge in [-0.3, -0.25) is 0 Å². The van der Waals surface area contributed by atoms with Gasteiger partial charge in [0.2, 0.25) is 0 Å². The van der Waals surface area contributed by atoms with Crippen molar-refractivity contribution in [1.29, 1.82) is 0 Å². The van der Waals surface area contributed by atoms with Gasteiger partial charge in [0.1, 0.15) is 5.76 Å². The normalized spacial score (nSPS) is 12.6. The van der Waals surface area contributed by atoms with Gasteiger partial charge in [0.25, 0.3) is 0 Å². The van der Waals surface area contributed by atoms with E-state index in [9.17, 15) is 13.9 Å². The van der Waals surface area contributed by atoms with E-state index in [0.29, 0.717) is 28.0 Å².